The first-order valence-corrected chi connectivity index (χ1v) is 6.58. The molecule has 2 amide bonds. The van der Waals surface area contributed by atoms with E-state index in [2.05, 4.69) is 5.32 Å². The summed E-state index contributed by atoms with van der Waals surface area (Å²) in [6.07, 6.45) is 1.89. The van der Waals surface area contributed by atoms with E-state index in [1.807, 2.05) is 0 Å². The van der Waals surface area contributed by atoms with Crippen LogP contribution in [0.3, 0.4) is 0 Å². The Labute approximate surface area is 116 Å². The average molecular weight is 288 g/mol. The molecule has 4 N–H and O–H groups in total. The lowest BCUT2D eigenvalue weighted by atomic mass is 10.0. The highest BCUT2D eigenvalue weighted by Gasteiger charge is 2.29. The van der Waals surface area contributed by atoms with E-state index >= 15 is 0 Å². The number of carboxylic acids is 2. The lowest BCUT2D eigenvalue weighted by Crippen LogP contribution is -2.54. The molecule has 1 aliphatic rings. The Balaban J connectivity index is 2.59. The molecule has 1 heterocycles. The number of amides is 2. The van der Waals surface area contributed by atoms with E-state index < -0.39 is 24.0 Å². The highest BCUT2D eigenvalue weighted by molar-refractivity contribution is 5.83. The molecule has 0 aliphatic carbocycles. The molecule has 1 fully saturated rings. The Morgan fingerprint density at radius 2 is 1.95 bits per heavy atom. The summed E-state index contributed by atoms with van der Waals surface area (Å²) in [5.41, 5.74) is 0. The van der Waals surface area contributed by atoms with Crippen LogP contribution in [0.15, 0.2) is 0 Å². The summed E-state index contributed by atoms with van der Waals surface area (Å²) < 4.78 is 0. The molecular formula is C12H20N2O6. The maximum Gasteiger partial charge on any atom is 0.326 e. The van der Waals surface area contributed by atoms with Crippen molar-refractivity contribution in [3.8, 4) is 0 Å². The molecule has 20 heavy (non-hydrogen) atoms. The minimum absolute atomic E-state index is 0.166. The summed E-state index contributed by atoms with van der Waals surface area (Å²) in [7, 11) is 0. The zero-order valence-corrected chi connectivity index (χ0v) is 11.1. The molecule has 0 spiro atoms. The fourth-order valence-corrected chi connectivity index (χ4v) is 2.21. The molecule has 8 heteroatoms. The maximum atomic E-state index is 12.0. The SMILES string of the molecule is O=C(O)CC[C@H](NC(=O)N1CCCCC1CO)C(=O)O. The Morgan fingerprint density at radius 3 is 2.50 bits per heavy atom. The number of carbonyl (C=O) groups excluding carboxylic acids is 1. The van der Waals surface area contributed by atoms with Crippen molar-refractivity contribution in [1.82, 2.24) is 10.2 Å². The summed E-state index contributed by atoms with van der Waals surface area (Å²) in [6.45, 7) is 0.294. The largest absolute Gasteiger partial charge is 0.481 e. The fraction of sp³-hybridized carbons (Fsp3) is 0.750. The van der Waals surface area contributed by atoms with Crippen LogP contribution in [0.5, 0.6) is 0 Å². The van der Waals surface area contributed by atoms with Gasteiger partial charge in [0.1, 0.15) is 6.04 Å². The highest BCUT2D eigenvalue weighted by atomic mass is 16.4. The van der Waals surface area contributed by atoms with Crippen LogP contribution in [0.25, 0.3) is 0 Å². The Hall–Kier alpha value is -1.83. The molecule has 2 atom stereocenters. The van der Waals surface area contributed by atoms with Crippen molar-refractivity contribution in [2.45, 2.75) is 44.2 Å². The molecule has 0 aromatic rings. The first-order chi connectivity index (χ1) is 9.45. The smallest absolute Gasteiger partial charge is 0.326 e. The van der Waals surface area contributed by atoms with Gasteiger partial charge in [-0.1, -0.05) is 0 Å². The van der Waals surface area contributed by atoms with Gasteiger partial charge in [-0.2, -0.15) is 0 Å². The van der Waals surface area contributed by atoms with Gasteiger partial charge >= 0.3 is 18.0 Å². The summed E-state index contributed by atoms with van der Waals surface area (Å²) in [5, 5.41) is 29.1. The number of hydrogen-bond donors (Lipinski definition) is 4. The fourth-order valence-electron chi connectivity index (χ4n) is 2.21. The van der Waals surface area contributed by atoms with Gasteiger partial charge in [-0.05, 0) is 25.7 Å². The molecule has 114 valence electrons. The molecule has 1 aliphatic heterocycles. The summed E-state index contributed by atoms with van der Waals surface area (Å²) in [5.74, 6) is -2.38. The van der Waals surface area contributed by atoms with Crippen molar-refractivity contribution >= 4 is 18.0 Å². The number of urea groups is 1. The molecule has 0 aromatic heterocycles. The van der Waals surface area contributed by atoms with E-state index in [1.54, 1.807) is 0 Å². The summed E-state index contributed by atoms with van der Waals surface area (Å²) in [4.78, 5) is 34.9. The number of aliphatic carboxylic acids is 2. The Bertz CT molecular complexity index is 373. The minimum Gasteiger partial charge on any atom is -0.481 e. The second-order valence-electron chi connectivity index (χ2n) is 4.80. The van der Waals surface area contributed by atoms with Gasteiger partial charge in [-0.25, -0.2) is 9.59 Å². The van der Waals surface area contributed by atoms with Crippen LogP contribution < -0.4 is 5.32 Å². The van der Waals surface area contributed by atoms with E-state index in [0.717, 1.165) is 12.8 Å². The molecular weight excluding hydrogens is 268 g/mol. The second-order valence-corrected chi connectivity index (χ2v) is 4.80. The Kier molecular flexibility index (Phi) is 6.23. The lowest BCUT2D eigenvalue weighted by molar-refractivity contribution is -0.140. The minimum atomic E-state index is -1.27. The van der Waals surface area contributed by atoms with Crippen LogP contribution in [-0.2, 0) is 9.59 Å². The van der Waals surface area contributed by atoms with E-state index in [0.29, 0.717) is 13.0 Å². The molecule has 0 radical (unpaired) electrons. The average Bonchev–Trinajstić information content (AvgIpc) is 2.42. The maximum absolute atomic E-state index is 12.0. The van der Waals surface area contributed by atoms with Gasteiger partial charge in [0.15, 0.2) is 0 Å². The predicted octanol–water partition coefficient (Wildman–Crippen LogP) is -0.139. The molecule has 8 nitrogen and oxygen atoms in total. The number of aliphatic hydroxyl groups excluding tert-OH is 1. The standard InChI is InChI=1S/C12H20N2O6/c15-7-8-3-1-2-6-14(8)12(20)13-9(11(18)19)4-5-10(16)17/h8-9,15H,1-7H2,(H,13,20)(H,16,17)(H,18,19)/t8?,9-/m0/s1. The van der Waals surface area contributed by atoms with Gasteiger partial charge < -0.3 is 25.5 Å². The third-order valence-electron chi connectivity index (χ3n) is 3.34. The van der Waals surface area contributed by atoms with Crippen molar-refractivity contribution in [3.63, 3.8) is 0 Å². The normalized spacial score (nSPS) is 20.2. The van der Waals surface area contributed by atoms with Crippen LogP contribution in [0, 0.1) is 0 Å². The van der Waals surface area contributed by atoms with Crippen LogP contribution in [0.1, 0.15) is 32.1 Å². The van der Waals surface area contributed by atoms with Crippen LogP contribution in [-0.4, -0.2) is 63.4 Å². The second kappa shape index (κ2) is 7.68. The topological polar surface area (TPSA) is 127 Å². The monoisotopic (exact) mass is 288 g/mol. The van der Waals surface area contributed by atoms with Crippen molar-refractivity contribution in [2.24, 2.45) is 0 Å². The Morgan fingerprint density at radius 1 is 1.25 bits per heavy atom. The molecule has 1 saturated heterocycles. The molecule has 1 unspecified atom stereocenters. The van der Waals surface area contributed by atoms with Crippen molar-refractivity contribution in [2.75, 3.05) is 13.2 Å². The van der Waals surface area contributed by atoms with E-state index in [1.165, 1.54) is 4.90 Å². The van der Waals surface area contributed by atoms with Gasteiger partial charge in [0.25, 0.3) is 0 Å². The van der Waals surface area contributed by atoms with Crippen molar-refractivity contribution < 1.29 is 29.7 Å². The zero-order valence-electron chi connectivity index (χ0n) is 11.1. The number of rotatable bonds is 6. The summed E-state index contributed by atoms with van der Waals surface area (Å²) in [6, 6.07) is -2.11. The number of hydrogen-bond acceptors (Lipinski definition) is 4. The number of carboxylic acid groups (broad SMARTS) is 2. The number of nitrogens with one attached hydrogen (secondary N) is 1. The van der Waals surface area contributed by atoms with Crippen LogP contribution >= 0.6 is 0 Å². The third-order valence-corrected chi connectivity index (χ3v) is 3.34. The molecule has 1 rings (SSSR count). The number of likely N-dealkylation sites (tertiary alicyclic amines) is 1. The van der Waals surface area contributed by atoms with Gasteiger partial charge in [-0.3, -0.25) is 4.79 Å². The van der Waals surface area contributed by atoms with Crippen LogP contribution in [0.4, 0.5) is 4.79 Å². The van der Waals surface area contributed by atoms with E-state index in [-0.39, 0.29) is 25.5 Å². The van der Waals surface area contributed by atoms with Gasteiger partial charge in [-0.15, -0.1) is 0 Å². The van der Waals surface area contributed by atoms with E-state index in [4.69, 9.17) is 10.2 Å². The first-order valence-electron chi connectivity index (χ1n) is 6.58. The van der Waals surface area contributed by atoms with Crippen molar-refractivity contribution in [1.29, 1.82) is 0 Å². The lowest BCUT2D eigenvalue weighted by Gasteiger charge is -2.35. The highest BCUT2D eigenvalue weighted by Crippen LogP contribution is 2.16. The quantitative estimate of drug-likeness (QED) is 0.539. The van der Waals surface area contributed by atoms with Gasteiger partial charge in [0.05, 0.1) is 12.6 Å². The number of aliphatic hydroxyl groups is 1. The van der Waals surface area contributed by atoms with Crippen LogP contribution in [0.2, 0.25) is 0 Å². The number of nitrogens with zero attached hydrogens (tertiary/aromatic N) is 1. The summed E-state index contributed by atoms with van der Waals surface area (Å²) >= 11 is 0. The van der Waals surface area contributed by atoms with Crippen molar-refractivity contribution in [3.05, 3.63) is 0 Å². The van der Waals surface area contributed by atoms with E-state index in [9.17, 15) is 19.5 Å². The number of carbonyl (C=O) groups is 3. The van der Waals surface area contributed by atoms with Gasteiger partial charge in [0, 0.05) is 13.0 Å². The predicted molar refractivity (Wildman–Crippen MR) is 68.3 cm³/mol. The molecule has 0 bridgehead atoms. The molecule has 0 aromatic carbocycles. The first kappa shape index (κ1) is 16.2. The zero-order chi connectivity index (χ0) is 15.1. The third kappa shape index (κ3) is 4.69. The number of piperidine rings is 1. The van der Waals surface area contributed by atoms with Gasteiger partial charge in [0.2, 0.25) is 0 Å². The molecule has 0 saturated carbocycles.